The Morgan fingerprint density at radius 1 is 1.10 bits per heavy atom. The maximum Gasteiger partial charge on any atom is 0.333 e. The minimum absolute atomic E-state index is 0.0542. The molecule has 1 spiro atoms. The van der Waals surface area contributed by atoms with Gasteiger partial charge in [0.25, 0.3) is 0 Å². The fourth-order valence-electron chi connectivity index (χ4n) is 12.1. The number of aromatic hydroxyl groups is 1. The first kappa shape index (κ1) is 37.8. The molecule has 60 heavy (non-hydrogen) atoms. The van der Waals surface area contributed by atoms with E-state index in [1.54, 1.807) is 14.2 Å². The Morgan fingerprint density at radius 3 is 2.63 bits per heavy atom. The quantitative estimate of drug-likeness (QED) is 0.165. The number of aromatic nitrogens is 1. The minimum Gasteiger partial charge on any atom is -0.504 e. The van der Waals surface area contributed by atoms with Crippen LogP contribution in [0.4, 0.5) is 0 Å². The molecule has 15 nitrogen and oxygen atoms in total. The number of piperazine rings is 1. The number of rotatable bonds is 4. The van der Waals surface area contributed by atoms with E-state index in [1.807, 2.05) is 32.0 Å². The van der Waals surface area contributed by atoms with Gasteiger partial charge in [-0.15, -0.1) is 11.8 Å². The summed E-state index contributed by atoms with van der Waals surface area (Å²) in [5.41, 5.74) is 3.52. The molecule has 4 aromatic rings. The van der Waals surface area contributed by atoms with Crippen molar-refractivity contribution in [1.82, 2.24) is 20.1 Å². The van der Waals surface area contributed by atoms with Crippen LogP contribution in [0.15, 0.2) is 24.3 Å². The average molecular weight is 836 g/mol. The van der Waals surface area contributed by atoms with Crippen LogP contribution >= 0.6 is 11.8 Å². The van der Waals surface area contributed by atoms with Crippen LogP contribution in [0.25, 0.3) is 10.9 Å². The number of thioether (sulfide) groups is 1. The number of nitrogens with one attached hydrogen (secondary N) is 2. The molecule has 0 saturated carbocycles. The Hall–Kier alpha value is -5.18. The summed E-state index contributed by atoms with van der Waals surface area (Å²) >= 11 is 1.49. The lowest BCUT2D eigenvalue weighted by Gasteiger charge is -2.58. The van der Waals surface area contributed by atoms with Crippen LogP contribution in [-0.2, 0) is 31.8 Å². The first-order chi connectivity index (χ1) is 28.8. The van der Waals surface area contributed by atoms with Crippen molar-refractivity contribution in [3.63, 3.8) is 0 Å². The minimum atomic E-state index is -1.47. The number of hydrogen-bond donors (Lipinski definition) is 4. The first-order valence-electron chi connectivity index (χ1n) is 20.2. The van der Waals surface area contributed by atoms with Gasteiger partial charge in [-0.2, -0.15) is 5.26 Å². The zero-order valence-corrected chi connectivity index (χ0v) is 34.9. The number of fused-ring (bicyclic) bond motifs is 11. The van der Waals surface area contributed by atoms with Gasteiger partial charge in [-0.3, -0.25) is 19.9 Å². The lowest BCUT2D eigenvalue weighted by Crippen LogP contribution is -2.67. The van der Waals surface area contributed by atoms with Gasteiger partial charge in [0.05, 0.1) is 49.9 Å². The van der Waals surface area contributed by atoms with Crippen molar-refractivity contribution in [1.29, 1.82) is 5.26 Å². The second-order valence-electron chi connectivity index (χ2n) is 17.4. The monoisotopic (exact) mass is 835 g/mol. The van der Waals surface area contributed by atoms with Gasteiger partial charge in [-0.05, 0) is 68.1 Å². The molecule has 3 saturated heterocycles. The van der Waals surface area contributed by atoms with E-state index in [1.165, 1.54) is 18.7 Å². The van der Waals surface area contributed by atoms with Gasteiger partial charge in [0, 0.05) is 76.4 Å². The Morgan fingerprint density at radius 2 is 1.90 bits per heavy atom. The number of ether oxygens (including phenoxy) is 6. The number of aliphatic hydroxyl groups is 1. The number of nitriles is 1. The molecule has 2 unspecified atom stereocenters. The molecule has 4 bridgehead atoms. The van der Waals surface area contributed by atoms with Gasteiger partial charge in [-0.25, -0.2) is 4.79 Å². The lowest BCUT2D eigenvalue weighted by molar-refractivity contribution is -0.157. The van der Waals surface area contributed by atoms with E-state index in [2.05, 4.69) is 39.2 Å². The van der Waals surface area contributed by atoms with Crippen molar-refractivity contribution < 1.29 is 48.2 Å². The number of aliphatic hydroxyl groups excluding tert-OH is 1. The molecule has 3 aromatic carbocycles. The average Bonchev–Trinajstić information content (AvgIpc) is 3.99. The Bertz CT molecular complexity index is 2640. The first-order valence-corrected chi connectivity index (χ1v) is 21.3. The van der Waals surface area contributed by atoms with Gasteiger partial charge >= 0.3 is 11.9 Å². The standard InChI is InChI=1S/C44H45N5O10S/c1-19-9-26-29(34(52)35(19)55-6)32-33-39-31-30(38-37(57-18-58-38)20(2)36(31)59-21(3)51)28(49(33)43(15-45)14-42(26,4)48(32)16-43)13-56-41(53)44(17-60-39)40-25(10-22(12-50)47-44)24-11-23(54-5)7-8-27(24)46-40/h7-9,11,22,28,32-33,39,46-47,50,52H,10,12-14,16-18H2,1-6H3/t22-,28+,32-,33-,39-,42?,43?,44-/m1/s1. The number of benzene rings is 3. The van der Waals surface area contributed by atoms with Crippen molar-refractivity contribution >= 4 is 34.6 Å². The third-order valence-corrected chi connectivity index (χ3v) is 15.9. The second kappa shape index (κ2) is 12.7. The van der Waals surface area contributed by atoms with E-state index in [4.69, 9.17) is 28.4 Å². The van der Waals surface area contributed by atoms with Gasteiger partial charge < -0.3 is 43.6 Å². The van der Waals surface area contributed by atoms with Crippen molar-refractivity contribution in [2.24, 2.45) is 0 Å². The molecule has 8 atom stereocenters. The van der Waals surface area contributed by atoms with E-state index in [0.29, 0.717) is 70.5 Å². The number of carbonyl (C=O) groups excluding carboxylic acids is 2. The van der Waals surface area contributed by atoms with E-state index in [0.717, 1.165) is 33.2 Å². The molecule has 312 valence electrons. The highest BCUT2D eigenvalue weighted by Crippen LogP contribution is 2.71. The van der Waals surface area contributed by atoms with Gasteiger partial charge in [-0.1, -0.05) is 0 Å². The van der Waals surface area contributed by atoms with E-state index in [-0.39, 0.29) is 31.5 Å². The molecule has 16 heteroatoms. The van der Waals surface area contributed by atoms with Crippen LogP contribution in [0.5, 0.6) is 34.5 Å². The number of esters is 2. The van der Waals surface area contributed by atoms with Crippen molar-refractivity contribution in [3.8, 4) is 40.6 Å². The van der Waals surface area contributed by atoms with Crippen molar-refractivity contribution in [3.05, 3.63) is 68.9 Å². The Kier molecular flexibility index (Phi) is 7.99. The van der Waals surface area contributed by atoms with Gasteiger partial charge in [0.2, 0.25) is 6.79 Å². The molecular weight excluding hydrogens is 791 g/mol. The maximum atomic E-state index is 15.2. The van der Waals surface area contributed by atoms with Gasteiger partial charge in [0.1, 0.15) is 23.6 Å². The highest BCUT2D eigenvalue weighted by Gasteiger charge is 2.72. The Labute approximate surface area is 349 Å². The summed E-state index contributed by atoms with van der Waals surface area (Å²) in [6.45, 7) is 7.12. The third-order valence-electron chi connectivity index (χ3n) is 14.4. The van der Waals surface area contributed by atoms with Crippen LogP contribution in [0.1, 0.15) is 82.2 Å². The fourth-order valence-corrected chi connectivity index (χ4v) is 13.8. The maximum absolute atomic E-state index is 15.2. The van der Waals surface area contributed by atoms with Crippen LogP contribution in [0.3, 0.4) is 0 Å². The molecule has 4 N–H and O–H groups in total. The number of phenolic OH excluding ortho intramolecular Hbond substituents is 1. The van der Waals surface area contributed by atoms with E-state index in [9.17, 15) is 20.3 Å². The molecule has 0 radical (unpaired) electrons. The zero-order valence-electron chi connectivity index (χ0n) is 34.1. The lowest BCUT2D eigenvalue weighted by atomic mass is 9.72. The number of H-pyrrole nitrogens is 1. The largest absolute Gasteiger partial charge is 0.504 e. The zero-order chi connectivity index (χ0) is 41.8. The van der Waals surface area contributed by atoms with E-state index < -0.39 is 58.0 Å². The topological polar surface area (TPSA) is 188 Å². The summed E-state index contributed by atoms with van der Waals surface area (Å²) in [7, 11) is 3.16. The summed E-state index contributed by atoms with van der Waals surface area (Å²) < 4.78 is 36.6. The number of carbonyl (C=O) groups is 2. The van der Waals surface area contributed by atoms with Crippen LogP contribution < -0.4 is 29.0 Å². The second-order valence-corrected chi connectivity index (χ2v) is 18.5. The SMILES string of the molecule is COc1ccc2[nH]c3c(c2c1)C[C@H](CO)N[C@]31CS[C@@H]2c3c(OC(C)=O)c(C)c4c(c3[C@H](COC1=O)N1[C@@H]2[C@H]2c3c(cc(C)c(OC)c3O)C3(C)CC1(C#N)CN23)OCO4. The number of aryl methyl sites for hydroxylation is 1. The summed E-state index contributed by atoms with van der Waals surface area (Å²) in [5.74, 6) is 1.38. The molecule has 0 aliphatic carbocycles. The molecule has 8 aliphatic rings. The van der Waals surface area contributed by atoms with Crippen molar-refractivity contribution in [2.45, 2.75) is 86.6 Å². The molecule has 12 rings (SSSR count). The highest BCUT2D eigenvalue weighted by molar-refractivity contribution is 7.99. The molecular formula is C44H45N5O10S. The van der Waals surface area contributed by atoms with Crippen LogP contribution in [0.2, 0.25) is 0 Å². The summed E-state index contributed by atoms with van der Waals surface area (Å²) in [4.78, 5) is 36.4. The van der Waals surface area contributed by atoms with Crippen LogP contribution in [-0.4, -0.2) is 101 Å². The number of methoxy groups -OCH3 is 2. The van der Waals surface area contributed by atoms with Crippen molar-refractivity contribution in [2.75, 3.05) is 46.5 Å². The Balaban J connectivity index is 1.20. The predicted octanol–water partition coefficient (Wildman–Crippen LogP) is 4.57. The van der Waals surface area contributed by atoms with Gasteiger partial charge in [0.15, 0.2) is 28.5 Å². The summed E-state index contributed by atoms with van der Waals surface area (Å²) in [5, 5.41) is 38.4. The molecule has 9 heterocycles. The number of aromatic amines is 1. The third kappa shape index (κ3) is 4.59. The summed E-state index contributed by atoms with van der Waals surface area (Å²) in [6.07, 6.45) is 0.855. The van der Waals surface area contributed by atoms with Crippen LogP contribution in [0, 0.1) is 25.2 Å². The predicted molar refractivity (Wildman–Crippen MR) is 217 cm³/mol. The number of phenols is 1. The number of nitrogens with zero attached hydrogens (tertiary/aromatic N) is 3. The molecule has 3 fully saturated rings. The smallest absolute Gasteiger partial charge is 0.333 e. The number of hydrogen-bond acceptors (Lipinski definition) is 15. The summed E-state index contributed by atoms with van der Waals surface area (Å²) in [6, 6.07) is 8.28. The molecule has 0 amide bonds. The normalized spacial score (nSPS) is 31.9. The van der Waals surface area contributed by atoms with E-state index >= 15 is 4.79 Å². The molecule has 1 aromatic heterocycles. The fraction of sp³-hybridized carbons (Fsp3) is 0.477. The highest BCUT2D eigenvalue weighted by atomic mass is 32.2. The molecule has 8 aliphatic heterocycles.